The molecular formula is C17H32O3. The molecule has 0 aromatic carbocycles. The molecule has 1 atom stereocenters. The number of rotatable bonds is 5. The molecule has 0 aromatic rings. The molecule has 118 valence electrons. The Hall–Kier alpha value is -0.830. The minimum atomic E-state index is -0.935. The molecule has 1 saturated carbocycles. The number of hydrogen-bond donors (Lipinski definition) is 1. The van der Waals surface area contributed by atoms with Gasteiger partial charge >= 0.3 is 5.97 Å². The van der Waals surface area contributed by atoms with Gasteiger partial charge in [0.2, 0.25) is 0 Å². The van der Waals surface area contributed by atoms with Gasteiger partial charge in [-0.05, 0) is 52.4 Å². The normalized spacial score (nSPS) is 18.9. The Morgan fingerprint density at radius 2 is 1.70 bits per heavy atom. The van der Waals surface area contributed by atoms with Gasteiger partial charge in [0.1, 0.15) is 0 Å². The number of carboxylic acid groups (broad SMARTS) is 1. The molecule has 1 fully saturated rings. The van der Waals surface area contributed by atoms with E-state index in [1.807, 2.05) is 0 Å². The predicted molar refractivity (Wildman–Crippen MR) is 83.9 cm³/mol. The van der Waals surface area contributed by atoms with Gasteiger partial charge in [-0.2, -0.15) is 0 Å². The summed E-state index contributed by atoms with van der Waals surface area (Å²) in [5.41, 5.74) is 0.738. The fraction of sp³-hybridized carbons (Fsp3) is 0.824. The number of carbonyl (C=O) groups is 1. The van der Waals surface area contributed by atoms with Crippen LogP contribution in [0, 0.1) is 5.41 Å². The van der Waals surface area contributed by atoms with Crippen molar-refractivity contribution in [2.24, 2.45) is 5.41 Å². The Bertz CT molecular complexity index is 289. The largest absolute Gasteiger partial charge is 0.478 e. The zero-order chi connectivity index (χ0) is 15.8. The van der Waals surface area contributed by atoms with E-state index < -0.39 is 5.97 Å². The zero-order valence-corrected chi connectivity index (χ0v) is 13.9. The molecule has 3 heteroatoms. The number of carboxylic acids is 1. The monoisotopic (exact) mass is 284 g/mol. The molecule has 0 spiro atoms. The molecule has 0 bridgehead atoms. The van der Waals surface area contributed by atoms with E-state index in [1.165, 1.54) is 45.4 Å². The number of aliphatic carboxylic acids is 1. The molecule has 1 aliphatic rings. The first-order valence-electron chi connectivity index (χ1n) is 7.70. The lowest BCUT2D eigenvalue weighted by atomic mass is 9.72. The van der Waals surface area contributed by atoms with Crippen molar-refractivity contribution in [2.75, 3.05) is 0 Å². The third kappa shape index (κ3) is 9.13. The molecule has 0 heterocycles. The van der Waals surface area contributed by atoms with E-state index in [4.69, 9.17) is 9.84 Å². The minimum Gasteiger partial charge on any atom is -0.478 e. The molecule has 0 amide bonds. The Kier molecular flexibility index (Phi) is 8.79. The van der Waals surface area contributed by atoms with Gasteiger partial charge in [0, 0.05) is 5.57 Å². The molecule has 3 nitrogen and oxygen atoms in total. The van der Waals surface area contributed by atoms with Gasteiger partial charge in [0.05, 0.1) is 12.2 Å². The van der Waals surface area contributed by atoms with Gasteiger partial charge in [-0.1, -0.05) is 32.8 Å². The summed E-state index contributed by atoms with van der Waals surface area (Å²) in [5, 5.41) is 7.89. The third-order valence-electron chi connectivity index (χ3n) is 3.71. The summed E-state index contributed by atoms with van der Waals surface area (Å²) in [5.74, 6) is -0.935. The molecule has 1 unspecified atom stereocenters. The fourth-order valence-electron chi connectivity index (χ4n) is 2.82. The summed E-state index contributed by atoms with van der Waals surface area (Å²) in [6.07, 6.45) is 9.13. The highest BCUT2D eigenvalue weighted by Gasteiger charge is 2.28. The lowest BCUT2D eigenvalue weighted by Crippen LogP contribution is -2.27. The second kappa shape index (κ2) is 9.17. The highest BCUT2D eigenvalue weighted by molar-refractivity contribution is 5.84. The third-order valence-corrected chi connectivity index (χ3v) is 3.71. The second-order valence-corrected chi connectivity index (χ2v) is 6.66. The van der Waals surface area contributed by atoms with Gasteiger partial charge in [0.15, 0.2) is 0 Å². The fourth-order valence-corrected chi connectivity index (χ4v) is 2.82. The molecule has 0 saturated heterocycles. The molecule has 0 aliphatic heterocycles. The van der Waals surface area contributed by atoms with E-state index in [2.05, 4.69) is 34.3 Å². The van der Waals surface area contributed by atoms with E-state index in [0.717, 1.165) is 0 Å². The van der Waals surface area contributed by atoms with Crippen LogP contribution in [0.15, 0.2) is 12.2 Å². The molecule has 1 aliphatic carbocycles. The quantitative estimate of drug-likeness (QED) is 0.737. The van der Waals surface area contributed by atoms with Crippen LogP contribution in [-0.2, 0) is 9.53 Å². The van der Waals surface area contributed by atoms with Crippen molar-refractivity contribution in [1.82, 2.24) is 0 Å². The molecule has 0 aromatic heterocycles. The molecule has 0 radical (unpaired) electrons. The molecule has 1 N–H and O–H groups in total. The minimum absolute atomic E-state index is 0.176. The van der Waals surface area contributed by atoms with Gasteiger partial charge in [-0.15, -0.1) is 0 Å². The Balaban J connectivity index is 0.000000511. The molecule has 20 heavy (non-hydrogen) atoms. The van der Waals surface area contributed by atoms with Crippen LogP contribution in [0.25, 0.3) is 0 Å². The van der Waals surface area contributed by atoms with Crippen molar-refractivity contribution in [2.45, 2.75) is 85.4 Å². The predicted octanol–water partition coefficient (Wildman–Crippen LogP) is 4.81. The first-order valence-corrected chi connectivity index (χ1v) is 7.70. The summed E-state index contributed by atoms with van der Waals surface area (Å²) >= 11 is 0. The van der Waals surface area contributed by atoms with Gasteiger partial charge in [0.25, 0.3) is 0 Å². The Morgan fingerprint density at radius 3 is 2.05 bits per heavy atom. The van der Waals surface area contributed by atoms with Crippen LogP contribution in [0.4, 0.5) is 0 Å². The lowest BCUT2D eigenvalue weighted by molar-refractivity contribution is -0.132. The summed E-state index contributed by atoms with van der Waals surface area (Å²) in [6.45, 7) is 13.5. The summed E-state index contributed by atoms with van der Waals surface area (Å²) in [7, 11) is 0. The van der Waals surface area contributed by atoms with Crippen LogP contribution in [0.5, 0.6) is 0 Å². The van der Waals surface area contributed by atoms with E-state index in [0.29, 0.717) is 17.6 Å². The standard InChI is InChI=1S/C13H26O.C4H6O2/c1-11(2)14-12(3)10-13(4)8-6-5-7-9-13;1-3(2)4(5)6/h11-12H,5-10H2,1-4H3;1H2,2H3,(H,5,6). The van der Waals surface area contributed by atoms with Crippen molar-refractivity contribution in [1.29, 1.82) is 0 Å². The lowest BCUT2D eigenvalue weighted by Gasteiger charge is -2.36. The summed E-state index contributed by atoms with van der Waals surface area (Å²) < 4.78 is 5.82. The van der Waals surface area contributed by atoms with Crippen molar-refractivity contribution in [3.63, 3.8) is 0 Å². The van der Waals surface area contributed by atoms with E-state index in [1.54, 1.807) is 0 Å². The van der Waals surface area contributed by atoms with Crippen molar-refractivity contribution >= 4 is 5.97 Å². The van der Waals surface area contributed by atoms with Crippen LogP contribution in [0.2, 0.25) is 0 Å². The molecule has 1 rings (SSSR count). The number of hydrogen-bond acceptors (Lipinski definition) is 2. The SMILES string of the molecule is C=C(C)C(=O)O.CC(C)OC(C)CC1(C)CCCCC1. The van der Waals surface area contributed by atoms with Crippen molar-refractivity contribution in [3.8, 4) is 0 Å². The average Bonchev–Trinajstić information content (AvgIpc) is 2.28. The number of ether oxygens (including phenoxy) is 1. The maximum Gasteiger partial charge on any atom is 0.330 e. The van der Waals surface area contributed by atoms with E-state index >= 15 is 0 Å². The van der Waals surface area contributed by atoms with Gasteiger partial charge in [-0.3, -0.25) is 0 Å². The maximum atomic E-state index is 9.60. The first kappa shape index (κ1) is 19.2. The van der Waals surface area contributed by atoms with Crippen molar-refractivity contribution in [3.05, 3.63) is 12.2 Å². The molecular weight excluding hydrogens is 252 g/mol. The first-order chi connectivity index (χ1) is 9.16. The highest BCUT2D eigenvalue weighted by atomic mass is 16.5. The highest BCUT2D eigenvalue weighted by Crippen LogP contribution is 2.40. The van der Waals surface area contributed by atoms with Crippen molar-refractivity contribution < 1.29 is 14.6 Å². The maximum absolute atomic E-state index is 9.60. The van der Waals surface area contributed by atoms with E-state index in [-0.39, 0.29) is 5.57 Å². The van der Waals surface area contributed by atoms with Crippen LogP contribution >= 0.6 is 0 Å². The summed E-state index contributed by atoms with van der Waals surface area (Å²) in [6, 6.07) is 0. The van der Waals surface area contributed by atoms with E-state index in [9.17, 15) is 4.79 Å². The van der Waals surface area contributed by atoms with Crippen LogP contribution in [0.3, 0.4) is 0 Å². The smallest absolute Gasteiger partial charge is 0.330 e. The Morgan fingerprint density at radius 1 is 1.25 bits per heavy atom. The van der Waals surface area contributed by atoms with Gasteiger partial charge < -0.3 is 9.84 Å². The summed E-state index contributed by atoms with van der Waals surface area (Å²) in [4.78, 5) is 9.60. The zero-order valence-electron chi connectivity index (χ0n) is 13.9. The average molecular weight is 284 g/mol. The van der Waals surface area contributed by atoms with Crippen LogP contribution in [0.1, 0.15) is 73.1 Å². The van der Waals surface area contributed by atoms with Gasteiger partial charge in [-0.25, -0.2) is 4.79 Å². The van der Waals surface area contributed by atoms with Crippen LogP contribution < -0.4 is 0 Å². The Labute approximate surface area is 124 Å². The van der Waals surface area contributed by atoms with Crippen LogP contribution in [-0.4, -0.2) is 23.3 Å². The topological polar surface area (TPSA) is 46.5 Å². The second-order valence-electron chi connectivity index (χ2n) is 6.66.